The molecule has 4 fully saturated rings. The Hall–Kier alpha value is -1.96. The van der Waals surface area contributed by atoms with Gasteiger partial charge in [0.15, 0.2) is 0 Å². The van der Waals surface area contributed by atoms with Crippen LogP contribution in [0.4, 0.5) is 0 Å². The lowest BCUT2D eigenvalue weighted by atomic mass is 9.89. The number of hydrogen-bond acceptors (Lipinski definition) is 5. The number of aliphatic hydroxyl groups is 1. The molecule has 7 heteroatoms. The van der Waals surface area contributed by atoms with Crippen molar-refractivity contribution in [3.63, 3.8) is 0 Å². The lowest BCUT2D eigenvalue weighted by molar-refractivity contribution is -0.143. The molecule has 7 nitrogen and oxygen atoms in total. The van der Waals surface area contributed by atoms with Crippen molar-refractivity contribution in [2.24, 2.45) is 0 Å². The van der Waals surface area contributed by atoms with Crippen molar-refractivity contribution in [2.75, 3.05) is 45.8 Å². The first-order valence-electron chi connectivity index (χ1n) is 10.9. The summed E-state index contributed by atoms with van der Waals surface area (Å²) < 4.78 is 0. The quantitative estimate of drug-likeness (QED) is 0.780. The van der Waals surface area contributed by atoms with Gasteiger partial charge in [0.05, 0.1) is 6.17 Å². The van der Waals surface area contributed by atoms with E-state index in [1.54, 1.807) is 4.90 Å². The number of fused-ring (bicyclic) bond motifs is 1. The average Bonchev–Trinajstić information content (AvgIpc) is 3.34. The van der Waals surface area contributed by atoms with Gasteiger partial charge >= 0.3 is 0 Å². The Labute approximate surface area is 171 Å². The number of nitrogens with one attached hydrogen (secondary N) is 1. The minimum Gasteiger partial charge on any atom is -0.380 e. The van der Waals surface area contributed by atoms with Crippen LogP contribution in [0.25, 0.3) is 0 Å². The monoisotopic (exact) mass is 398 g/mol. The van der Waals surface area contributed by atoms with Gasteiger partial charge in [0.2, 0.25) is 0 Å². The van der Waals surface area contributed by atoms with Crippen LogP contribution in [0.2, 0.25) is 0 Å². The second-order valence-electron chi connectivity index (χ2n) is 8.98. The molecule has 4 aliphatic rings. The fraction of sp³-hybridized carbons (Fsp3) is 0.636. The first-order chi connectivity index (χ1) is 14.0. The molecule has 2 amide bonds. The molecule has 3 heterocycles. The van der Waals surface area contributed by atoms with Crippen LogP contribution in [0.1, 0.15) is 47.5 Å². The molecule has 29 heavy (non-hydrogen) atoms. The highest BCUT2D eigenvalue weighted by Crippen LogP contribution is 2.37. The van der Waals surface area contributed by atoms with Crippen LogP contribution in [-0.2, 0) is 4.79 Å². The fourth-order valence-electron chi connectivity index (χ4n) is 4.99. The normalized spacial score (nSPS) is 28.9. The van der Waals surface area contributed by atoms with Crippen molar-refractivity contribution >= 4 is 11.8 Å². The second kappa shape index (κ2) is 7.38. The van der Waals surface area contributed by atoms with E-state index in [9.17, 15) is 14.7 Å². The minimum absolute atomic E-state index is 0.0289. The second-order valence-corrected chi connectivity index (χ2v) is 8.98. The highest BCUT2D eigenvalue weighted by atomic mass is 16.3. The van der Waals surface area contributed by atoms with Crippen molar-refractivity contribution in [1.82, 2.24) is 20.0 Å². The number of piperidine rings is 1. The van der Waals surface area contributed by atoms with Gasteiger partial charge in [-0.2, -0.15) is 0 Å². The third kappa shape index (κ3) is 3.67. The number of nitrogens with zero attached hydrogens (tertiary/aromatic N) is 3. The molecule has 0 bridgehead atoms. The van der Waals surface area contributed by atoms with Crippen LogP contribution in [0, 0.1) is 0 Å². The molecule has 1 aliphatic carbocycles. The van der Waals surface area contributed by atoms with Crippen molar-refractivity contribution in [1.29, 1.82) is 0 Å². The summed E-state index contributed by atoms with van der Waals surface area (Å²) in [6.45, 7) is 5.35. The van der Waals surface area contributed by atoms with Gasteiger partial charge < -0.3 is 20.2 Å². The van der Waals surface area contributed by atoms with Gasteiger partial charge in [-0.05, 0) is 49.3 Å². The minimum atomic E-state index is -1.12. The predicted molar refractivity (Wildman–Crippen MR) is 108 cm³/mol. The molecular formula is C22H30N4O3. The van der Waals surface area contributed by atoms with Crippen molar-refractivity contribution < 1.29 is 14.7 Å². The van der Waals surface area contributed by atoms with Gasteiger partial charge in [0.1, 0.15) is 5.60 Å². The van der Waals surface area contributed by atoms with Crippen LogP contribution < -0.4 is 5.32 Å². The number of rotatable bonds is 3. The Balaban J connectivity index is 1.17. The molecule has 0 aromatic heterocycles. The van der Waals surface area contributed by atoms with E-state index in [2.05, 4.69) is 22.3 Å². The maximum absolute atomic E-state index is 12.9. The molecular weight excluding hydrogens is 368 g/mol. The molecule has 2 N–H and O–H groups in total. The van der Waals surface area contributed by atoms with Crippen LogP contribution in [0.5, 0.6) is 0 Å². The first kappa shape index (κ1) is 19.0. The Kier molecular flexibility index (Phi) is 4.84. The van der Waals surface area contributed by atoms with E-state index in [0.717, 1.165) is 19.6 Å². The van der Waals surface area contributed by atoms with Crippen LogP contribution >= 0.6 is 0 Å². The molecule has 2 atom stereocenters. The summed E-state index contributed by atoms with van der Waals surface area (Å²) in [5.74, 6) is 0.399. The Bertz CT molecular complexity index is 784. The standard InChI is InChI=1S/C22H30N4O3/c27-20(24-11-13-25(14-12-24)21(28)22(29)7-8-22)17-3-1-16(2-4-17)18-5-6-19-23-9-10-26(19)15-18/h1-4,18-19,23,29H,5-15H2. The highest BCUT2D eigenvalue weighted by molar-refractivity contribution is 5.94. The van der Waals surface area contributed by atoms with Gasteiger partial charge in [0, 0.05) is 51.4 Å². The molecule has 0 spiro atoms. The first-order valence-corrected chi connectivity index (χ1v) is 10.9. The molecule has 1 saturated carbocycles. The Morgan fingerprint density at radius 2 is 1.66 bits per heavy atom. The summed E-state index contributed by atoms with van der Waals surface area (Å²) in [7, 11) is 0. The predicted octanol–water partition coefficient (Wildman–Crippen LogP) is 0.605. The van der Waals surface area contributed by atoms with E-state index in [1.165, 1.54) is 18.4 Å². The van der Waals surface area contributed by atoms with Gasteiger partial charge in [-0.1, -0.05) is 12.1 Å². The lowest BCUT2D eigenvalue weighted by Gasteiger charge is -2.36. The SMILES string of the molecule is O=C(c1ccc(C2CCC3NCCN3C2)cc1)N1CCN(C(=O)C2(O)CC2)CC1. The van der Waals surface area contributed by atoms with Crippen LogP contribution in [0.15, 0.2) is 24.3 Å². The van der Waals surface area contributed by atoms with E-state index in [-0.39, 0.29) is 11.8 Å². The summed E-state index contributed by atoms with van der Waals surface area (Å²) in [6.07, 6.45) is 4.05. The lowest BCUT2D eigenvalue weighted by Crippen LogP contribution is -2.53. The molecule has 3 aliphatic heterocycles. The van der Waals surface area contributed by atoms with Gasteiger partial charge in [0.25, 0.3) is 11.8 Å². The maximum atomic E-state index is 12.9. The van der Waals surface area contributed by atoms with Crippen molar-refractivity contribution in [3.05, 3.63) is 35.4 Å². The summed E-state index contributed by atoms with van der Waals surface area (Å²) in [5.41, 5.74) is 0.914. The van der Waals surface area contributed by atoms with E-state index in [1.807, 2.05) is 17.0 Å². The molecule has 2 unspecified atom stereocenters. The summed E-state index contributed by atoms with van der Waals surface area (Å²) in [6, 6.07) is 8.14. The number of hydrogen-bond donors (Lipinski definition) is 2. The molecule has 3 saturated heterocycles. The smallest absolute Gasteiger partial charge is 0.254 e. The van der Waals surface area contributed by atoms with Crippen LogP contribution in [0.3, 0.4) is 0 Å². The van der Waals surface area contributed by atoms with E-state index < -0.39 is 5.60 Å². The molecule has 156 valence electrons. The molecule has 1 aromatic carbocycles. The number of carbonyl (C=O) groups is 2. The Morgan fingerprint density at radius 1 is 0.966 bits per heavy atom. The average molecular weight is 399 g/mol. The van der Waals surface area contributed by atoms with E-state index >= 15 is 0 Å². The van der Waals surface area contributed by atoms with Crippen molar-refractivity contribution in [2.45, 2.75) is 43.4 Å². The fourth-order valence-corrected chi connectivity index (χ4v) is 4.99. The molecule has 0 radical (unpaired) electrons. The van der Waals surface area contributed by atoms with E-state index in [4.69, 9.17) is 0 Å². The zero-order valence-corrected chi connectivity index (χ0v) is 16.8. The zero-order valence-electron chi connectivity index (χ0n) is 16.8. The Morgan fingerprint density at radius 3 is 2.34 bits per heavy atom. The third-order valence-electron chi connectivity index (χ3n) is 7.07. The number of carbonyl (C=O) groups excluding carboxylic acids is 2. The summed E-state index contributed by atoms with van der Waals surface area (Å²) in [4.78, 5) is 31.2. The molecule has 1 aromatic rings. The highest BCUT2D eigenvalue weighted by Gasteiger charge is 2.50. The zero-order chi connectivity index (χ0) is 20.0. The largest absolute Gasteiger partial charge is 0.380 e. The number of benzene rings is 1. The topological polar surface area (TPSA) is 76.1 Å². The summed E-state index contributed by atoms with van der Waals surface area (Å²) >= 11 is 0. The van der Waals surface area contributed by atoms with Gasteiger partial charge in [-0.25, -0.2) is 0 Å². The van der Waals surface area contributed by atoms with Gasteiger partial charge in [-0.3, -0.25) is 14.5 Å². The third-order valence-corrected chi connectivity index (χ3v) is 7.07. The summed E-state index contributed by atoms with van der Waals surface area (Å²) in [5, 5.41) is 13.6. The number of piperazine rings is 1. The van der Waals surface area contributed by atoms with Crippen molar-refractivity contribution in [3.8, 4) is 0 Å². The van der Waals surface area contributed by atoms with Crippen LogP contribution in [-0.4, -0.2) is 89.2 Å². The maximum Gasteiger partial charge on any atom is 0.254 e. The van der Waals surface area contributed by atoms with Gasteiger partial charge in [-0.15, -0.1) is 0 Å². The molecule has 5 rings (SSSR count). The number of amides is 2. The van der Waals surface area contributed by atoms with E-state index in [0.29, 0.717) is 56.7 Å².